The van der Waals surface area contributed by atoms with E-state index in [-0.39, 0.29) is 0 Å². The van der Waals surface area contributed by atoms with Gasteiger partial charge < -0.3 is 14.2 Å². The van der Waals surface area contributed by atoms with E-state index >= 15 is 0 Å². The van der Waals surface area contributed by atoms with E-state index in [1.807, 2.05) is 12.1 Å². The van der Waals surface area contributed by atoms with Gasteiger partial charge in [-0.3, -0.25) is 0 Å². The molecule has 23 heavy (non-hydrogen) atoms. The lowest BCUT2D eigenvalue weighted by Crippen LogP contribution is -2.10. The number of hydrogen-bond donors (Lipinski definition) is 0. The molecule has 0 heterocycles. The summed E-state index contributed by atoms with van der Waals surface area (Å²) in [4.78, 5) is 0. The average molecular weight is 314 g/mol. The highest BCUT2D eigenvalue weighted by molar-refractivity contribution is 5.54. The van der Waals surface area contributed by atoms with Crippen LogP contribution in [0.25, 0.3) is 0 Å². The van der Waals surface area contributed by atoms with Crippen LogP contribution in [0.5, 0.6) is 17.2 Å². The maximum absolute atomic E-state index is 5.46. The molecule has 0 spiro atoms. The van der Waals surface area contributed by atoms with Crippen molar-refractivity contribution in [1.29, 1.82) is 0 Å². The summed E-state index contributed by atoms with van der Waals surface area (Å²) in [7, 11) is 4.93. The van der Waals surface area contributed by atoms with Crippen molar-refractivity contribution in [1.82, 2.24) is 0 Å². The maximum Gasteiger partial charge on any atom is 0.203 e. The Hall–Kier alpha value is -2.16. The molecule has 3 heteroatoms. The van der Waals surface area contributed by atoms with Gasteiger partial charge in [0.25, 0.3) is 0 Å². The molecule has 0 aliphatic carbocycles. The fraction of sp³-hybridized carbons (Fsp3) is 0.400. The average Bonchev–Trinajstić information content (AvgIpc) is 2.60. The third kappa shape index (κ3) is 3.98. The van der Waals surface area contributed by atoms with Crippen molar-refractivity contribution < 1.29 is 14.2 Å². The summed E-state index contributed by atoms with van der Waals surface area (Å²) in [5.74, 6) is 2.94. The molecule has 0 aliphatic rings. The number of rotatable bonds is 7. The normalized spacial score (nSPS) is 13.3. The van der Waals surface area contributed by atoms with Gasteiger partial charge in [-0.05, 0) is 41.5 Å². The van der Waals surface area contributed by atoms with Crippen LogP contribution in [0.4, 0.5) is 0 Å². The van der Waals surface area contributed by atoms with E-state index in [9.17, 15) is 0 Å². The summed E-state index contributed by atoms with van der Waals surface area (Å²) >= 11 is 0. The Kier molecular flexibility index (Phi) is 5.91. The minimum Gasteiger partial charge on any atom is -0.493 e. The van der Waals surface area contributed by atoms with Crippen LogP contribution in [0.3, 0.4) is 0 Å². The van der Waals surface area contributed by atoms with Gasteiger partial charge in [0.2, 0.25) is 5.75 Å². The van der Waals surface area contributed by atoms with Crippen LogP contribution >= 0.6 is 0 Å². The SMILES string of the molecule is COc1cc(C(C)C(C)Cc2ccccc2)cc(OC)c1OC. The first-order valence-corrected chi connectivity index (χ1v) is 7.94. The molecular formula is C20H26O3. The Morgan fingerprint density at radius 3 is 1.87 bits per heavy atom. The first-order valence-electron chi connectivity index (χ1n) is 7.94. The number of ether oxygens (including phenoxy) is 3. The molecule has 0 fully saturated rings. The lowest BCUT2D eigenvalue weighted by atomic mass is 9.84. The molecule has 0 aliphatic heterocycles. The van der Waals surface area contributed by atoms with E-state index in [2.05, 4.69) is 44.2 Å². The second kappa shape index (κ2) is 7.91. The Balaban J connectivity index is 2.26. The number of methoxy groups -OCH3 is 3. The van der Waals surface area contributed by atoms with Crippen molar-refractivity contribution in [2.24, 2.45) is 5.92 Å². The fourth-order valence-corrected chi connectivity index (χ4v) is 2.86. The van der Waals surface area contributed by atoms with Crippen molar-refractivity contribution in [2.45, 2.75) is 26.2 Å². The molecule has 0 amide bonds. The van der Waals surface area contributed by atoms with E-state index in [1.54, 1.807) is 21.3 Å². The van der Waals surface area contributed by atoms with Gasteiger partial charge in [0.1, 0.15) is 0 Å². The van der Waals surface area contributed by atoms with E-state index in [0.717, 1.165) is 6.42 Å². The van der Waals surface area contributed by atoms with Gasteiger partial charge in [0.15, 0.2) is 11.5 Å². The van der Waals surface area contributed by atoms with Gasteiger partial charge in [-0.25, -0.2) is 0 Å². The van der Waals surface area contributed by atoms with Crippen molar-refractivity contribution in [2.75, 3.05) is 21.3 Å². The zero-order chi connectivity index (χ0) is 16.8. The highest BCUT2D eigenvalue weighted by Crippen LogP contribution is 2.41. The van der Waals surface area contributed by atoms with Crippen LogP contribution in [-0.2, 0) is 6.42 Å². The third-order valence-corrected chi connectivity index (χ3v) is 4.47. The molecule has 3 nitrogen and oxygen atoms in total. The predicted octanol–water partition coefficient (Wildman–Crippen LogP) is 4.69. The summed E-state index contributed by atoms with van der Waals surface area (Å²) in [6.45, 7) is 4.52. The molecule has 2 unspecified atom stereocenters. The minimum absolute atomic E-state index is 0.379. The van der Waals surface area contributed by atoms with Gasteiger partial charge in [0, 0.05) is 0 Å². The second-order valence-corrected chi connectivity index (χ2v) is 5.91. The molecule has 2 aromatic rings. The van der Waals surface area contributed by atoms with Crippen LogP contribution in [0, 0.1) is 5.92 Å². The van der Waals surface area contributed by atoms with Crippen molar-refractivity contribution in [3.63, 3.8) is 0 Å². The quantitative estimate of drug-likeness (QED) is 0.741. The molecule has 0 saturated heterocycles. The zero-order valence-electron chi connectivity index (χ0n) is 14.6. The Morgan fingerprint density at radius 2 is 1.39 bits per heavy atom. The number of hydrogen-bond acceptors (Lipinski definition) is 3. The largest absolute Gasteiger partial charge is 0.493 e. The monoisotopic (exact) mass is 314 g/mol. The lowest BCUT2D eigenvalue weighted by molar-refractivity contribution is 0.322. The Bertz CT molecular complexity index is 597. The van der Waals surface area contributed by atoms with E-state index < -0.39 is 0 Å². The molecule has 124 valence electrons. The molecule has 2 atom stereocenters. The van der Waals surface area contributed by atoms with Gasteiger partial charge in [-0.1, -0.05) is 44.2 Å². The molecule has 0 N–H and O–H groups in total. The van der Waals surface area contributed by atoms with Crippen molar-refractivity contribution in [3.8, 4) is 17.2 Å². The van der Waals surface area contributed by atoms with Gasteiger partial charge in [-0.2, -0.15) is 0 Å². The molecule has 0 bridgehead atoms. The van der Waals surface area contributed by atoms with Gasteiger partial charge in [0.05, 0.1) is 21.3 Å². The maximum atomic E-state index is 5.46. The van der Waals surface area contributed by atoms with Crippen molar-refractivity contribution >= 4 is 0 Å². The van der Waals surface area contributed by atoms with Gasteiger partial charge in [-0.15, -0.1) is 0 Å². The molecule has 2 aromatic carbocycles. The van der Waals surface area contributed by atoms with Crippen molar-refractivity contribution in [3.05, 3.63) is 53.6 Å². The molecule has 0 radical (unpaired) electrons. The zero-order valence-corrected chi connectivity index (χ0v) is 14.6. The van der Waals surface area contributed by atoms with Crippen LogP contribution in [0.1, 0.15) is 30.9 Å². The summed E-state index contributed by atoms with van der Waals surface area (Å²) in [6, 6.07) is 14.7. The van der Waals surface area contributed by atoms with Crippen LogP contribution < -0.4 is 14.2 Å². The predicted molar refractivity (Wildman–Crippen MR) is 93.8 cm³/mol. The standard InChI is InChI=1S/C20H26O3/c1-14(11-16-9-7-6-8-10-16)15(2)17-12-18(21-3)20(23-5)19(13-17)22-4/h6-10,12-15H,11H2,1-5H3. The van der Waals surface area contributed by atoms with Gasteiger partial charge >= 0.3 is 0 Å². The summed E-state index contributed by atoms with van der Waals surface area (Å²) < 4.78 is 16.3. The van der Waals surface area contributed by atoms with Crippen LogP contribution in [0.15, 0.2) is 42.5 Å². The fourth-order valence-electron chi connectivity index (χ4n) is 2.86. The Labute approximate surface area is 139 Å². The topological polar surface area (TPSA) is 27.7 Å². The first kappa shape index (κ1) is 17.2. The molecule has 0 aromatic heterocycles. The second-order valence-electron chi connectivity index (χ2n) is 5.91. The first-order chi connectivity index (χ1) is 11.1. The Morgan fingerprint density at radius 1 is 0.826 bits per heavy atom. The molecular weight excluding hydrogens is 288 g/mol. The van der Waals surface area contributed by atoms with E-state index in [0.29, 0.717) is 29.1 Å². The van der Waals surface area contributed by atoms with E-state index in [4.69, 9.17) is 14.2 Å². The summed E-state index contributed by atoms with van der Waals surface area (Å²) in [5.41, 5.74) is 2.56. The van der Waals surface area contributed by atoms with E-state index in [1.165, 1.54) is 11.1 Å². The highest BCUT2D eigenvalue weighted by Gasteiger charge is 2.20. The molecule has 0 saturated carbocycles. The number of benzene rings is 2. The smallest absolute Gasteiger partial charge is 0.203 e. The lowest BCUT2D eigenvalue weighted by Gasteiger charge is -2.23. The summed E-state index contributed by atoms with van der Waals surface area (Å²) in [5, 5.41) is 0. The third-order valence-electron chi connectivity index (χ3n) is 4.47. The minimum atomic E-state index is 0.379. The van der Waals surface area contributed by atoms with Crippen LogP contribution in [-0.4, -0.2) is 21.3 Å². The highest BCUT2D eigenvalue weighted by atomic mass is 16.5. The van der Waals surface area contributed by atoms with Crippen LogP contribution in [0.2, 0.25) is 0 Å². The molecule has 2 rings (SSSR count). The summed E-state index contributed by atoms with van der Waals surface area (Å²) in [6.07, 6.45) is 1.04.